The van der Waals surface area contributed by atoms with Crippen LogP contribution >= 0.6 is 22.6 Å². The Hall–Kier alpha value is -1.03. The first-order chi connectivity index (χ1) is 5.70. The van der Waals surface area contributed by atoms with Gasteiger partial charge >= 0.3 is 0 Å². The highest BCUT2D eigenvalue weighted by molar-refractivity contribution is 14.1. The fourth-order valence-corrected chi connectivity index (χ4v) is 1.44. The molecule has 0 saturated heterocycles. The van der Waals surface area contributed by atoms with Crippen LogP contribution in [0.4, 0.5) is 0 Å². The van der Waals surface area contributed by atoms with Crippen molar-refractivity contribution in [2.24, 2.45) is 0 Å². The summed E-state index contributed by atoms with van der Waals surface area (Å²) in [7, 11) is 1.43. The minimum absolute atomic E-state index is 0.0180. The van der Waals surface area contributed by atoms with Gasteiger partial charge in [0, 0.05) is 6.20 Å². The molecule has 0 aromatic carbocycles. The van der Waals surface area contributed by atoms with Crippen molar-refractivity contribution in [2.75, 3.05) is 7.11 Å². The van der Waals surface area contributed by atoms with E-state index in [1.165, 1.54) is 13.3 Å². The Morgan fingerprint density at radius 2 is 2.42 bits per heavy atom. The maximum atomic E-state index is 11.0. The van der Waals surface area contributed by atoms with Gasteiger partial charge in [0.2, 0.25) is 0 Å². The van der Waals surface area contributed by atoms with E-state index in [1.807, 2.05) is 22.6 Å². The van der Waals surface area contributed by atoms with Crippen molar-refractivity contribution in [3.63, 3.8) is 0 Å². The smallest absolute Gasteiger partial charge is 0.269 e. The summed E-state index contributed by atoms with van der Waals surface area (Å²) in [6, 6.07) is 1.78. The molecule has 0 bridgehead atoms. The summed E-state index contributed by atoms with van der Waals surface area (Å²) in [6.45, 7) is 0. The largest absolute Gasteiger partial charge is 0.494 e. The summed E-state index contributed by atoms with van der Waals surface area (Å²) in [5.41, 5.74) is -0.404. The van der Waals surface area contributed by atoms with Crippen molar-refractivity contribution < 1.29 is 4.74 Å². The number of H-pyrrole nitrogens is 1. The predicted octanol–water partition coefficient (Wildman–Crippen LogP) is 0.860. The Kier molecular flexibility index (Phi) is 2.70. The lowest BCUT2D eigenvalue weighted by atomic mass is 10.3. The maximum Gasteiger partial charge on any atom is 0.269 e. The van der Waals surface area contributed by atoms with Crippen LogP contribution in [0.2, 0.25) is 0 Å². The van der Waals surface area contributed by atoms with Gasteiger partial charge < -0.3 is 9.72 Å². The molecule has 0 aliphatic rings. The molecule has 0 aliphatic heterocycles. The molecule has 0 unspecified atom stereocenters. The summed E-state index contributed by atoms with van der Waals surface area (Å²) < 4.78 is 5.61. The average Bonchev–Trinajstić information content (AvgIpc) is 2.08. The highest BCUT2D eigenvalue weighted by Crippen LogP contribution is 2.20. The zero-order chi connectivity index (χ0) is 9.14. The van der Waals surface area contributed by atoms with Crippen LogP contribution in [-0.4, -0.2) is 12.1 Å². The first-order valence-corrected chi connectivity index (χ1v) is 4.14. The molecule has 0 spiro atoms. The first kappa shape index (κ1) is 9.06. The molecule has 0 fully saturated rings. The molecule has 5 heteroatoms. The number of nitrogens with zero attached hydrogens (tertiary/aromatic N) is 1. The topological polar surface area (TPSA) is 65.9 Å². The number of methoxy groups -OCH3 is 1. The third-order valence-corrected chi connectivity index (χ3v) is 2.12. The highest BCUT2D eigenvalue weighted by Gasteiger charge is 2.10. The second-order valence-electron chi connectivity index (χ2n) is 1.99. The van der Waals surface area contributed by atoms with Crippen molar-refractivity contribution in [1.29, 1.82) is 5.26 Å². The molecule has 0 saturated carbocycles. The van der Waals surface area contributed by atoms with Crippen LogP contribution in [0.25, 0.3) is 0 Å². The molecular weight excluding hydrogens is 271 g/mol. The van der Waals surface area contributed by atoms with E-state index in [-0.39, 0.29) is 5.56 Å². The lowest BCUT2D eigenvalue weighted by Crippen LogP contribution is -2.11. The number of nitriles is 1. The Balaban J connectivity index is 3.52. The number of nitrogens with one attached hydrogen (secondary N) is 1. The Bertz CT molecular complexity index is 391. The monoisotopic (exact) mass is 276 g/mol. The highest BCUT2D eigenvalue weighted by atomic mass is 127. The minimum atomic E-state index is -0.422. The van der Waals surface area contributed by atoms with Crippen LogP contribution in [0.3, 0.4) is 0 Å². The van der Waals surface area contributed by atoms with E-state index in [4.69, 9.17) is 10.00 Å². The number of aromatic nitrogens is 1. The van der Waals surface area contributed by atoms with Gasteiger partial charge in [-0.25, -0.2) is 0 Å². The Labute approximate surface area is 82.3 Å². The van der Waals surface area contributed by atoms with Crippen LogP contribution in [0.5, 0.6) is 5.75 Å². The third kappa shape index (κ3) is 1.43. The summed E-state index contributed by atoms with van der Waals surface area (Å²) >= 11 is 1.98. The number of pyridine rings is 1. The zero-order valence-electron chi connectivity index (χ0n) is 6.22. The molecule has 1 heterocycles. The molecule has 62 valence electrons. The van der Waals surface area contributed by atoms with Gasteiger partial charge in [-0.15, -0.1) is 0 Å². The molecule has 1 aromatic rings. The van der Waals surface area contributed by atoms with Crippen molar-refractivity contribution in [2.45, 2.75) is 0 Å². The van der Waals surface area contributed by atoms with Gasteiger partial charge in [0.25, 0.3) is 5.56 Å². The molecular formula is C7H5IN2O2. The molecule has 0 aliphatic carbocycles. The molecule has 1 aromatic heterocycles. The summed E-state index contributed by atoms with van der Waals surface area (Å²) in [5, 5.41) is 8.60. The van der Waals surface area contributed by atoms with E-state index in [0.29, 0.717) is 9.32 Å². The van der Waals surface area contributed by atoms with E-state index in [9.17, 15) is 4.79 Å². The van der Waals surface area contributed by atoms with Crippen molar-refractivity contribution >= 4 is 22.6 Å². The van der Waals surface area contributed by atoms with E-state index in [2.05, 4.69) is 4.98 Å². The molecule has 0 atom stereocenters. The molecule has 12 heavy (non-hydrogen) atoms. The van der Waals surface area contributed by atoms with Crippen LogP contribution in [0.1, 0.15) is 5.56 Å². The summed E-state index contributed by atoms with van der Waals surface area (Å²) in [6.07, 6.45) is 1.50. The van der Waals surface area contributed by atoms with Gasteiger partial charge in [-0.3, -0.25) is 4.79 Å². The fourth-order valence-electron chi connectivity index (χ4n) is 0.790. The fraction of sp³-hybridized carbons (Fsp3) is 0.143. The van der Waals surface area contributed by atoms with Gasteiger partial charge in [-0.2, -0.15) is 5.26 Å². The number of aromatic amines is 1. The van der Waals surface area contributed by atoms with E-state index in [0.717, 1.165) is 0 Å². The van der Waals surface area contributed by atoms with Crippen LogP contribution in [-0.2, 0) is 0 Å². The van der Waals surface area contributed by atoms with Crippen LogP contribution in [0.15, 0.2) is 11.0 Å². The van der Waals surface area contributed by atoms with Crippen LogP contribution < -0.4 is 10.3 Å². The quantitative estimate of drug-likeness (QED) is 0.773. The van der Waals surface area contributed by atoms with Gasteiger partial charge in [0.1, 0.15) is 6.07 Å². The Morgan fingerprint density at radius 1 is 1.75 bits per heavy atom. The second kappa shape index (κ2) is 3.58. The van der Waals surface area contributed by atoms with Crippen LogP contribution in [0, 0.1) is 14.9 Å². The Morgan fingerprint density at radius 3 is 2.83 bits per heavy atom. The summed E-state index contributed by atoms with van der Waals surface area (Å²) in [5.74, 6) is 0.335. The van der Waals surface area contributed by atoms with Gasteiger partial charge in [-0.05, 0) is 22.6 Å². The van der Waals surface area contributed by atoms with E-state index >= 15 is 0 Å². The maximum absolute atomic E-state index is 11.0. The number of hydrogen-bond acceptors (Lipinski definition) is 3. The molecule has 1 rings (SSSR count). The molecule has 1 N–H and O–H groups in total. The zero-order valence-corrected chi connectivity index (χ0v) is 8.38. The standard InChI is InChI=1S/C7H5IN2O2/c1-12-6-4(2-9)7(11)10-3-5(6)8/h3H,1H3,(H,10,11). The van der Waals surface area contributed by atoms with E-state index < -0.39 is 5.56 Å². The number of hydrogen-bond donors (Lipinski definition) is 1. The minimum Gasteiger partial charge on any atom is -0.494 e. The SMILES string of the molecule is COc1c(I)c[nH]c(=O)c1C#N. The van der Waals surface area contributed by atoms with Gasteiger partial charge in [0.05, 0.1) is 10.7 Å². The number of ether oxygens (including phenoxy) is 1. The van der Waals surface area contributed by atoms with Crippen molar-refractivity contribution in [1.82, 2.24) is 4.98 Å². The van der Waals surface area contributed by atoms with E-state index in [1.54, 1.807) is 6.07 Å². The average molecular weight is 276 g/mol. The number of rotatable bonds is 1. The van der Waals surface area contributed by atoms with Gasteiger partial charge in [-0.1, -0.05) is 0 Å². The van der Waals surface area contributed by atoms with Crippen molar-refractivity contribution in [3.05, 3.63) is 25.7 Å². The third-order valence-electron chi connectivity index (χ3n) is 1.32. The summed E-state index contributed by atoms with van der Waals surface area (Å²) in [4.78, 5) is 13.4. The lowest BCUT2D eigenvalue weighted by molar-refractivity contribution is 0.409. The first-order valence-electron chi connectivity index (χ1n) is 3.06. The molecule has 4 nitrogen and oxygen atoms in total. The van der Waals surface area contributed by atoms with Gasteiger partial charge in [0.15, 0.2) is 11.3 Å². The lowest BCUT2D eigenvalue weighted by Gasteiger charge is -2.02. The second-order valence-corrected chi connectivity index (χ2v) is 3.15. The predicted molar refractivity (Wildman–Crippen MR) is 51.0 cm³/mol. The van der Waals surface area contributed by atoms with Crippen molar-refractivity contribution in [3.8, 4) is 11.8 Å². The normalized spacial score (nSPS) is 9.08. The number of halogens is 1. The molecule has 0 radical (unpaired) electrons. The molecule has 0 amide bonds.